The van der Waals surface area contributed by atoms with Crippen molar-refractivity contribution in [3.8, 4) is 0 Å². The molecule has 2 atom stereocenters. The summed E-state index contributed by atoms with van der Waals surface area (Å²) in [5.74, 6) is 0. The van der Waals surface area contributed by atoms with Crippen LogP contribution in [0.5, 0.6) is 0 Å². The molecule has 0 aromatic heterocycles. The van der Waals surface area contributed by atoms with E-state index < -0.39 is 21.1 Å². The molecule has 17 heavy (non-hydrogen) atoms. The van der Waals surface area contributed by atoms with Crippen LogP contribution in [-0.4, -0.2) is 26.0 Å². The normalized spacial score (nSPS) is 15.6. The minimum absolute atomic E-state index is 0.448. The molecule has 0 heterocycles. The van der Waals surface area contributed by atoms with Gasteiger partial charge in [-0.15, -0.1) is 0 Å². The topological polar surface area (TPSA) is 60.2 Å². The lowest BCUT2D eigenvalue weighted by molar-refractivity contribution is 0.562. The fourth-order valence-electron chi connectivity index (χ4n) is 1.42. The van der Waals surface area contributed by atoms with E-state index in [2.05, 4.69) is 0 Å². The zero-order valence-electron chi connectivity index (χ0n) is 9.65. The number of hydrogen-bond donors (Lipinski definition) is 1. The largest absolute Gasteiger partial charge is 0.326 e. The van der Waals surface area contributed by atoms with E-state index in [1.165, 1.54) is 6.26 Å². The van der Waals surface area contributed by atoms with Crippen molar-refractivity contribution < 1.29 is 8.42 Å². The zero-order valence-corrected chi connectivity index (χ0v) is 12.0. The SMILES string of the molecule is CC(C(N)Cc1ccc(Cl)c(Cl)c1)S(C)(=O)=O. The highest BCUT2D eigenvalue weighted by Gasteiger charge is 2.22. The van der Waals surface area contributed by atoms with Gasteiger partial charge >= 0.3 is 0 Å². The van der Waals surface area contributed by atoms with E-state index in [0.717, 1.165) is 5.56 Å². The van der Waals surface area contributed by atoms with Gasteiger partial charge in [-0.25, -0.2) is 8.42 Å². The van der Waals surface area contributed by atoms with Crippen LogP contribution in [0.3, 0.4) is 0 Å². The fourth-order valence-corrected chi connectivity index (χ4v) is 2.47. The third kappa shape index (κ3) is 4.14. The molecule has 0 radical (unpaired) electrons. The van der Waals surface area contributed by atoms with Crippen molar-refractivity contribution in [1.29, 1.82) is 0 Å². The van der Waals surface area contributed by atoms with Gasteiger partial charge in [-0.2, -0.15) is 0 Å². The van der Waals surface area contributed by atoms with E-state index in [1.54, 1.807) is 25.1 Å². The molecule has 1 aromatic rings. The summed E-state index contributed by atoms with van der Waals surface area (Å²) in [5, 5.41) is 0.334. The lowest BCUT2D eigenvalue weighted by atomic mass is 10.0. The maximum Gasteiger partial charge on any atom is 0.151 e. The maximum absolute atomic E-state index is 11.4. The Hall–Kier alpha value is -0.290. The Kier molecular flexibility index (Phi) is 4.84. The number of rotatable bonds is 4. The van der Waals surface area contributed by atoms with Crippen LogP contribution in [0.2, 0.25) is 10.0 Å². The van der Waals surface area contributed by atoms with Gasteiger partial charge in [0.25, 0.3) is 0 Å². The second-order valence-corrected chi connectivity index (χ2v) is 7.37. The van der Waals surface area contributed by atoms with Crippen molar-refractivity contribution in [1.82, 2.24) is 0 Å². The first-order valence-electron chi connectivity index (χ1n) is 5.10. The van der Waals surface area contributed by atoms with E-state index in [4.69, 9.17) is 28.9 Å². The first-order valence-corrected chi connectivity index (χ1v) is 7.81. The first kappa shape index (κ1) is 14.8. The van der Waals surface area contributed by atoms with Crippen molar-refractivity contribution in [2.24, 2.45) is 5.73 Å². The molecule has 0 saturated heterocycles. The van der Waals surface area contributed by atoms with Gasteiger partial charge in [0.1, 0.15) is 0 Å². The molecule has 0 saturated carbocycles. The van der Waals surface area contributed by atoms with Gasteiger partial charge in [0.05, 0.1) is 15.3 Å². The molecule has 0 aliphatic rings. The van der Waals surface area contributed by atoms with Crippen LogP contribution in [0.25, 0.3) is 0 Å². The molecule has 2 unspecified atom stereocenters. The summed E-state index contributed by atoms with van der Waals surface area (Å²) in [6.07, 6.45) is 1.64. The predicted molar refractivity (Wildman–Crippen MR) is 72.4 cm³/mol. The zero-order chi connectivity index (χ0) is 13.2. The molecule has 3 nitrogen and oxygen atoms in total. The summed E-state index contributed by atoms with van der Waals surface area (Å²) in [7, 11) is -3.12. The third-order valence-corrected chi connectivity index (χ3v) is 5.17. The summed E-state index contributed by atoms with van der Waals surface area (Å²) in [5.41, 5.74) is 6.75. The lowest BCUT2D eigenvalue weighted by Gasteiger charge is -2.18. The number of sulfone groups is 1. The average Bonchev–Trinajstić information content (AvgIpc) is 2.21. The Balaban J connectivity index is 2.81. The summed E-state index contributed by atoms with van der Waals surface area (Å²) < 4.78 is 22.7. The van der Waals surface area contributed by atoms with Crippen LogP contribution < -0.4 is 5.73 Å². The standard InChI is InChI=1S/C11H15Cl2NO2S/c1-7(17(2,15)16)11(14)6-8-3-4-9(12)10(13)5-8/h3-5,7,11H,6,14H2,1-2H3. The van der Waals surface area contributed by atoms with Gasteiger partial charge in [0, 0.05) is 12.3 Å². The molecular weight excluding hydrogens is 281 g/mol. The van der Waals surface area contributed by atoms with Crippen LogP contribution in [0.15, 0.2) is 18.2 Å². The van der Waals surface area contributed by atoms with Crippen LogP contribution in [0.1, 0.15) is 12.5 Å². The Bertz CT molecular complexity index is 502. The quantitative estimate of drug-likeness (QED) is 0.927. The maximum atomic E-state index is 11.4. The number of hydrogen-bond acceptors (Lipinski definition) is 3. The Morgan fingerprint density at radius 1 is 1.29 bits per heavy atom. The van der Waals surface area contributed by atoms with E-state index in [0.29, 0.717) is 16.5 Å². The summed E-state index contributed by atoms with van der Waals surface area (Å²) in [6, 6.07) is 4.72. The molecule has 0 bridgehead atoms. The van der Waals surface area contributed by atoms with Gasteiger partial charge < -0.3 is 5.73 Å². The summed E-state index contributed by atoms with van der Waals surface area (Å²) in [4.78, 5) is 0. The van der Waals surface area contributed by atoms with Gasteiger partial charge in [0.2, 0.25) is 0 Å². The lowest BCUT2D eigenvalue weighted by Crippen LogP contribution is -2.39. The molecule has 0 aliphatic heterocycles. The summed E-state index contributed by atoms with van der Waals surface area (Å²) >= 11 is 11.7. The van der Waals surface area contributed by atoms with E-state index in [-0.39, 0.29) is 0 Å². The smallest absolute Gasteiger partial charge is 0.151 e. The third-order valence-electron chi connectivity index (χ3n) is 2.73. The molecule has 0 aliphatic carbocycles. The molecular formula is C11H15Cl2NO2S. The number of nitrogens with two attached hydrogens (primary N) is 1. The first-order chi connectivity index (χ1) is 7.71. The van der Waals surface area contributed by atoms with Gasteiger partial charge in [-0.3, -0.25) is 0 Å². The van der Waals surface area contributed by atoms with Crippen LogP contribution >= 0.6 is 23.2 Å². The Labute approximate surface area is 112 Å². The van der Waals surface area contributed by atoms with E-state index in [9.17, 15) is 8.42 Å². The van der Waals surface area contributed by atoms with E-state index in [1.807, 2.05) is 0 Å². The molecule has 96 valence electrons. The monoisotopic (exact) mass is 295 g/mol. The van der Waals surface area contributed by atoms with Crippen molar-refractivity contribution in [2.75, 3.05) is 6.26 Å². The van der Waals surface area contributed by atoms with Crippen molar-refractivity contribution in [2.45, 2.75) is 24.6 Å². The highest BCUT2D eigenvalue weighted by molar-refractivity contribution is 7.91. The minimum atomic E-state index is -3.12. The van der Waals surface area contributed by atoms with Crippen molar-refractivity contribution in [3.63, 3.8) is 0 Å². The minimum Gasteiger partial charge on any atom is -0.326 e. The van der Waals surface area contributed by atoms with Crippen molar-refractivity contribution in [3.05, 3.63) is 33.8 Å². The number of benzene rings is 1. The Morgan fingerprint density at radius 2 is 1.88 bits per heavy atom. The molecule has 1 aromatic carbocycles. The van der Waals surface area contributed by atoms with Crippen LogP contribution in [0.4, 0.5) is 0 Å². The summed E-state index contributed by atoms with van der Waals surface area (Å²) in [6.45, 7) is 1.61. The van der Waals surface area contributed by atoms with Gasteiger partial charge in [0.15, 0.2) is 9.84 Å². The molecule has 6 heteroatoms. The fraction of sp³-hybridized carbons (Fsp3) is 0.455. The molecule has 0 amide bonds. The second-order valence-electron chi connectivity index (χ2n) is 4.15. The van der Waals surface area contributed by atoms with Gasteiger partial charge in [-0.05, 0) is 31.0 Å². The predicted octanol–water partition coefficient (Wildman–Crippen LogP) is 2.30. The average molecular weight is 296 g/mol. The van der Waals surface area contributed by atoms with Crippen LogP contribution in [-0.2, 0) is 16.3 Å². The van der Waals surface area contributed by atoms with Gasteiger partial charge in [-0.1, -0.05) is 29.3 Å². The Morgan fingerprint density at radius 3 is 2.35 bits per heavy atom. The number of halogens is 2. The highest BCUT2D eigenvalue weighted by Crippen LogP contribution is 2.23. The van der Waals surface area contributed by atoms with Crippen LogP contribution in [0, 0.1) is 0 Å². The molecule has 2 N–H and O–H groups in total. The molecule has 0 fully saturated rings. The highest BCUT2D eigenvalue weighted by atomic mass is 35.5. The second kappa shape index (κ2) is 5.57. The molecule has 1 rings (SSSR count). The van der Waals surface area contributed by atoms with E-state index >= 15 is 0 Å². The molecule has 0 spiro atoms. The van der Waals surface area contributed by atoms with Crippen molar-refractivity contribution >= 4 is 33.0 Å².